The zero-order valence-corrected chi connectivity index (χ0v) is 14.5. The lowest BCUT2D eigenvalue weighted by atomic mass is 10.1. The summed E-state index contributed by atoms with van der Waals surface area (Å²) in [5, 5.41) is 12.0. The van der Waals surface area contributed by atoms with E-state index in [1.165, 1.54) is 0 Å². The van der Waals surface area contributed by atoms with Crippen molar-refractivity contribution in [2.75, 3.05) is 27.3 Å². The summed E-state index contributed by atoms with van der Waals surface area (Å²) in [6.45, 7) is 2.07. The quantitative estimate of drug-likeness (QED) is 0.865. The highest BCUT2D eigenvalue weighted by Gasteiger charge is 2.28. The lowest BCUT2D eigenvalue weighted by Gasteiger charge is -2.13. The van der Waals surface area contributed by atoms with E-state index >= 15 is 0 Å². The zero-order valence-electron chi connectivity index (χ0n) is 13.7. The van der Waals surface area contributed by atoms with E-state index < -0.39 is 5.97 Å². The van der Waals surface area contributed by atoms with Gasteiger partial charge in [0.1, 0.15) is 16.5 Å². The predicted molar refractivity (Wildman–Crippen MR) is 91.7 cm³/mol. The van der Waals surface area contributed by atoms with Gasteiger partial charge in [-0.3, -0.25) is 9.69 Å². The Morgan fingerprint density at radius 2 is 2.25 bits per heavy atom. The Morgan fingerprint density at radius 3 is 2.92 bits per heavy atom. The summed E-state index contributed by atoms with van der Waals surface area (Å²) < 4.78 is 10.7. The van der Waals surface area contributed by atoms with Crippen LogP contribution in [0.2, 0.25) is 0 Å². The van der Waals surface area contributed by atoms with Crippen LogP contribution in [0, 0.1) is 5.92 Å². The standard InChI is InChI=1S/C17H20N2O4S/c1-22-13-3-4-14(15(7-13)23-2)16-18-12(10-24-16)9-19-6-5-11(8-19)17(20)21/h3-4,7,10-11H,5-6,8-9H2,1-2H3,(H,20,21). The van der Waals surface area contributed by atoms with E-state index in [2.05, 4.69) is 9.88 Å². The van der Waals surface area contributed by atoms with Gasteiger partial charge < -0.3 is 14.6 Å². The maximum absolute atomic E-state index is 11.0. The van der Waals surface area contributed by atoms with Gasteiger partial charge in [-0.2, -0.15) is 0 Å². The highest BCUT2D eigenvalue weighted by atomic mass is 32.1. The maximum Gasteiger partial charge on any atom is 0.307 e. The zero-order chi connectivity index (χ0) is 17.1. The molecule has 6 nitrogen and oxygen atoms in total. The average Bonchev–Trinajstić information content (AvgIpc) is 3.24. The molecule has 1 aromatic heterocycles. The number of likely N-dealkylation sites (tertiary alicyclic amines) is 1. The SMILES string of the molecule is COc1ccc(-c2nc(CN3CCC(C(=O)O)C3)cs2)c(OC)c1. The van der Waals surface area contributed by atoms with Gasteiger partial charge in [0.2, 0.25) is 0 Å². The van der Waals surface area contributed by atoms with Crippen LogP contribution in [0.5, 0.6) is 11.5 Å². The smallest absolute Gasteiger partial charge is 0.307 e. The molecular formula is C17H20N2O4S. The first-order valence-corrected chi connectivity index (χ1v) is 8.60. The number of hydrogen-bond donors (Lipinski definition) is 1. The molecule has 24 heavy (non-hydrogen) atoms. The number of nitrogens with zero attached hydrogens (tertiary/aromatic N) is 2. The van der Waals surface area contributed by atoms with Crippen molar-refractivity contribution in [3.05, 3.63) is 29.3 Å². The summed E-state index contributed by atoms with van der Waals surface area (Å²) in [7, 11) is 3.25. The number of carbonyl (C=O) groups is 1. The molecule has 3 rings (SSSR count). The number of benzene rings is 1. The molecule has 1 fully saturated rings. The van der Waals surface area contributed by atoms with Crippen LogP contribution in [0.15, 0.2) is 23.6 Å². The van der Waals surface area contributed by atoms with Crippen LogP contribution in [-0.4, -0.2) is 48.3 Å². The van der Waals surface area contributed by atoms with E-state index in [-0.39, 0.29) is 5.92 Å². The van der Waals surface area contributed by atoms with Gasteiger partial charge in [-0.1, -0.05) is 0 Å². The molecule has 1 aliphatic rings. The molecule has 1 saturated heterocycles. The number of rotatable bonds is 6. The molecule has 0 saturated carbocycles. The summed E-state index contributed by atoms with van der Waals surface area (Å²) in [5.41, 5.74) is 1.89. The molecule has 0 spiro atoms. The average molecular weight is 348 g/mol. The van der Waals surface area contributed by atoms with Gasteiger partial charge in [0.15, 0.2) is 0 Å². The number of carboxylic acid groups (broad SMARTS) is 1. The Hall–Kier alpha value is -2.12. The second kappa shape index (κ2) is 7.19. The first-order chi connectivity index (χ1) is 11.6. The van der Waals surface area contributed by atoms with Crippen LogP contribution < -0.4 is 9.47 Å². The Balaban J connectivity index is 1.73. The van der Waals surface area contributed by atoms with Crippen molar-refractivity contribution in [3.63, 3.8) is 0 Å². The van der Waals surface area contributed by atoms with E-state index in [4.69, 9.17) is 14.6 Å². The molecule has 0 radical (unpaired) electrons. The van der Waals surface area contributed by atoms with Crippen molar-refractivity contribution in [3.8, 4) is 22.1 Å². The number of aliphatic carboxylic acids is 1. The number of ether oxygens (including phenoxy) is 2. The molecule has 0 amide bonds. The van der Waals surface area contributed by atoms with Gasteiger partial charge in [0, 0.05) is 24.5 Å². The topological polar surface area (TPSA) is 71.9 Å². The largest absolute Gasteiger partial charge is 0.497 e. The van der Waals surface area contributed by atoms with Gasteiger partial charge in [0.05, 0.1) is 31.4 Å². The van der Waals surface area contributed by atoms with E-state index in [9.17, 15) is 4.79 Å². The van der Waals surface area contributed by atoms with Crippen LogP contribution in [0.4, 0.5) is 0 Å². The van der Waals surface area contributed by atoms with Crippen LogP contribution in [0.25, 0.3) is 10.6 Å². The fourth-order valence-corrected chi connectivity index (χ4v) is 3.73. The van der Waals surface area contributed by atoms with E-state index in [0.29, 0.717) is 19.5 Å². The van der Waals surface area contributed by atoms with Gasteiger partial charge in [-0.25, -0.2) is 4.98 Å². The fraction of sp³-hybridized carbons (Fsp3) is 0.412. The molecule has 1 aliphatic heterocycles. The molecule has 128 valence electrons. The number of hydrogen-bond acceptors (Lipinski definition) is 6. The molecule has 1 aromatic carbocycles. The second-order valence-corrected chi connectivity index (χ2v) is 6.63. The van der Waals surface area contributed by atoms with Crippen molar-refractivity contribution in [1.82, 2.24) is 9.88 Å². The van der Waals surface area contributed by atoms with Crippen LogP contribution in [0.1, 0.15) is 12.1 Å². The molecule has 2 heterocycles. The minimum absolute atomic E-state index is 0.259. The molecule has 1 unspecified atom stereocenters. The number of thiazole rings is 1. The number of carboxylic acids is 1. The minimum Gasteiger partial charge on any atom is -0.497 e. The molecule has 7 heteroatoms. The summed E-state index contributed by atoms with van der Waals surface area (Å²) in [4.78, 5) is 17.9. The minimum atomic E-state index is -0.709. The second-order valence-electron chi connectivity index (χ2n) is 5.77. The van der Waals surface area contributed by atoms with Crippen LogP contribution in [-0.2, 0) is 11.3 Å². The van der Waals surface area contributed by atoms with Crippen molar-refractivity contribution in [1.29, 1.82) is 0 Å². The number of methoxy groups -OCH3 is 2. The van der Waals surface area contributed by atoms with Crippen molar-refractivity contribution >= 4 is 17.3 Å². The summed E-state index contributed by atoms with van der Waals surface area (Å²) in [5.74, 6) is 0.496. The van der Waals surface area contributed by atoms with Gasteiger partial charge in [0.25, 0.3) is 0 Å². The monoisotopic (exact) mass is 348 g/mol. The molecule has 0 aliphatic carbocycles. The maximum atomic E-state index is 11.0. The molecule has 0 bridgehead atoms. The summed E-state index contributed by atoms with van der Waals surface area (Å²) in [6.07, 6.45) is 0.707. The normalized spacial score (nSPS) is 17.8. The third-order valence-corrected chi connectivity index (χ3v) is 5.12. The highest BCUT2D eigenvalue weighted by molar-refractivity contribution is 7.13. The summed E-state index contributed by atoms with van der Waals surface area (Å²) in [6, 6.07) is 5.67. The van der Waals surface area contributed by atoms with E-state index in [1.54, 1.807) is 25.6 Å². The number of aromatic nitrogens is 1. The van der Waals surface area contributed by atoms with Crippen LogP contribution >= 0.6 is 11.3 Å². The molecule has 1 atom stereocenters. The molecule has 1 N–H and O–H groups in total. The summed E-state index contributed by atoms with van der Waals surface area (Å²) >= 11 is 1.56. The van der Waals surface area contributed by atoms with Crippen molar-refractivity contribution < 1.29 is 19.4 Å². The van der Waals surface area contributed by atoms with E-state index in [0.717, 1.165) is 34.3 Å². The Bertz CT molecular complexity index is 731. The third-order valence-electron chi connectivity index (χ3n) is 4.20. The Morgan fingerprint density at radius 1 is 1.42 bits per heavy atom. The van der Waals surface area contributed by atoms with Gasteiger partial charge in [-0.15, -0.1) is 11.3 Å². The van der Waals surface area contributed by atoms with E-state index in [1.807, 2.05) is 23.6 Å². The van der Waals surface area contributed by atoms with Gasteiger partial charge in [-0.05, 0) is 25.1 Å². The fourth-order valence-electron chi connectivity index (χ4n) is 2.89. The Labute approximate surface area is 144 Å². The van der Waals surface area contributed by atoms with Crippen LogP contribution in [0.3, 0.4) is 0 Å². The molecular weight excluding hydrogens is 328 g/mol. The van der Waals surface area contributed by atoms with Crippen molar-refractivity contribution in [2.45, 2.75) is 13.0 Å². The Kier molecular flexibility index (Phi) is 5.01. The third kappa shape index (κ3) is 3.52. The lowest BCUT2D eigenvalue weighted by molar-refractivity contribution is -0.141. The first kappa shape index (κ1) is 16.7. The van der Waals surface area contributed by atoms with Crippen molar-refractivity contribution in [2.24, 2.45) is 5.92 Å². The van der Waals surface area contributed by atoms with Gasteiger partial charge >= 0.3 is 5.97 Å². The molecule has 2 aromatic rings. The lowest BCUT2D eigenvalue weighted by Crippen LogP contribution is -2.22. The first-order valence-electron chi connectivity index (χ1n) is 7.72. The predicted octanol–water partition coefficient (Wildman–Crippen LogP) is 2.73. The highest BCUT2D eigenvalue weighted by Crippen LogP contribution is 2.35.